The first-order valence-electron chi connectivity index (χ1n) is 17.3. The lowest BCUT2D eigenvalue weighted by molar-refractivity contribution is -0.605. The number of aromatic carboxylic acids is 1. The van der Waals surface area contributed by atoms with Crippen LogP contribution in [-0.4, -0.2) is 60.4 Å². The number of pyridine rings is 1. The molecule has 1 unspecified atom stereocenters. The standard InChI is InChI=1S/C38H39Cl2F2N3O7S/c1-21(2)50-32-14-24(8-9-31(32)52-38(41)42)26(16-28-29(39)18-45(49)19-30(28)40)27-15-25(53-35(27)36(46)47)17-43-34(23-6-4-3-5-7-23)37(48)51-33-20-44-12-10-22(33)11-13-44/h3-9,14-15,18-19,21-22,26,33-34,38,43H,10-13,16-17,20H2,1-2H3,(H,46,47)/t26-,33-,34?/m0/s1. The second-order valence-corrected chi connectivity index (χ2v) is 15.4. The highest BCUT2D eigenvalue weighted by Crippen LogP contribution is 2.42. The number of esters is 1. The van der Waals surface area contributed by atoms with Crippen LogP contribution in [0.1, 0.15) is 75.5 Å². The Labute approximate surface area is 319 Å². The summed E-state index contributed by atoms with van der Waals surface area (Å²) >= 11 is 14.0. The van der Waals surface area contributed by atoms with E-state index < -0.39 is 36.6 Å². The molecular weight excluding hydrogens is 751 g/mol. The first kappa shape index (κ1) is 38.7. The van der Waals surface area contributed by atoms with Gasteiger partial charge in [0.2, 0.25) is 0 Å². The number of fused-ring (bicyclic) bond motifs is 3. The zero-order valence-corrected chi connectivity index (χ0v) is 31.3. The Morgan fingerprint density at radius 1 is 1.02 bits per heavy atom. The first-order valence-corrected chi connectivity index (χ1v) is 18.8. The fourth-order valence-electron chi connectivity index (χ4n) is 7.04. The summed E-state index contributed by atoms with van der Waals surface area (Å²) in [6.45, 7) is 3.20. The monoisotopic (exact) mass is 789 g/mol. The Balaban J connectivity index is 1.35. The zero-order chi connectivity index (χ0) is 37.8. The van der Waals surface area contributed by atoms with E-state index in [1.807, 2.05) is 30.3 Å². The van der Waals surface area contributed by atoms with Gasteiger partial charge in [-0.3, -0.25) is 10.2 Å². The third-order valence-electron chi connectivity index (χ3n) is 9.51. The molecule has 0 aliphatic carbocycles. The number of carbonyl (C=O) groups excluding carboxylic acids is 1. The van der Waals surface area contributed by atoms with Crippen LogP contribution in [0.15, 0.2) is 67.0 Å². The number of aromatic nitrogens is 1. The van der Waals surface area contributed by atoms with Gasteiger partial charge in [-0.1, -0.05) is 59.6 Å². The highest BCUT2D eigenvalue weighted by molar-refractivity contribution is 7.14. The number of hydrogen-bond acceptors (Lipinski definition) is 9. The van der Waals surface area contributed by atoms with Crippen molar-refractivity contribution in [2.24, 2.45) is 5.92 Å². The smallest absolute Gasteiger partial charge is 0.387 e. The maximum absolute atomic E-state index is 13.8. The van der Waals surface area contributed by atoms with Crippen LogP contribution >= 0.6 is 34.5 Å². The molecule has 7 rings (SSSR count). The van der Waals surface area contributed by atoms with Gasteiger partial charge in [-0.2, -0.15) is 13.5 Å². The molecule has 3 saturated heterocycles. The molecular formula is C38H39Cl2F2N3O7S. The number of ether oxygens (including phenoxy) is 3. The van der Waals surface area contributed by atoms with Crippen molar-refractivity contribution in [3.63, 3.8) is 0 Å². The lowest BCUT2D eigenvalue weighted by atomic mass is 9.85. The summed E-state index contributed by atoms with van der Waals surface area (Å²) in [7, 11) is 0. The van der Waals surface area contributed by atoms with Crippen LogP contribution in [0.3, 0.4) is 0 Å². The number of thiophene rings is 1. The quantitative estimate of drug-likeness (QED) is 0.0712. The van der Waals surface area contributed by atoms with Gasteiger partial charge in [0.15, 0.2) is 23.9 Å². The van der Waals surface area contributed by atoms with Crippen molar-refractivity contribution >= 4 is 46.5 Å². The van der Waals surface area contributed by atoms with Crippen LogP contribution in [0, 0.1) is 11.1 Å². The number of nitrogens with zero attached hydrogens (tertiary/aromatic N) is 2. The first-order chi connectivity index (χ1) is 25.4. The van der Waals surface area contributed by atoms with Crippen LogP contribution in [0.2, 0.25) is 10.0 Å². The molecule has 2 aromatic carbocycles. The van der Waals surface area contributed by atoms with Crippen LogP contribution in [0.4, 0.5) is 8.78 Å². The molecule has 5 heterocycles. The van der Waals surface area contributed by atoms with Gasteiger partial charge < -0.3 is 24.5 Å². The third-order valence-corrected chi connectivity index (χ3v) is 11.3. The molecule has 3 aliphatic rings. The molecule has 2 aromatic heterocycles. The van der Waals surface area contributed by atoms with Crippen LogP contribution in [0.25, 0.3) is 0 Å². The van der Waals surface area contributed by atoms with E-state index in [9.17, 15) is 28.7 Å². The number of carbonyl (C=O) groups is 2. The second-order valence-electron chi connectivity index (χ2n) is 13.4. The molecule has 2 N–H and O–H groups in total. The molecule has 0 radical (unpaired) electrons. The molecule has 0 saturated carbocycles. The summed E-state index contributed by atoms with van der Waals surface area (Å²) in [5.74, 6) is -2.19. The highest BCUT2D eigenvalue weighted by Gasteiger charge is 2.38. The van der Waals surface area contributed by atoms with Gasteiger partial charge in [0.05, 0.1) is 6.10 Å². The van der Waals surface area contributed by atoms with E-state index in [2.05, 4.69) is 10.2 Å². The van der Waals surface area contributed by atoms with Gasteiger partial charge in [0, 0.05) is 29.4 Å². The number of carboxylic acids is 1. The molecule has 282 valence electrons. The van der Waals surface area contributed by atoms with Crippen molar-refractivity contribution in [3.05, 3.63) is 114 Å². The van der Waals surface area contributed by atoms with Crippen molar-refractivity contribution in [2.75, 3.05) is 19.6 Å². The summed E-state index contributed by atoms with van der Waals surface area (Å²) in [5.41, 5.74) is 1.97. The van der Waals surface area contributed by atoms with E-state index >= 15 is 0 Å². The summed E-state index contributed by atoms with van der Waals surface area (Å²) in [6, 6.07) is 14.5. The maximum atomic E-state index is 13.8. The van der Waals surface area contributed by atoms with Crippen LogP contribution < -0.4 is 19.5 Å². The van der Waals surface area contributed by atoms with E-state index in [-0.39, 0.29) is 45.5 Å². The molecule has 53 heavy (non-hydrogen) atoms. The molecule has 3 aliphatic heterocycles. The van der Waals surface area contributed by atoms with E-state index in [1.165, 1.54) is 12.1 Å². The Bertz CT molecular complexity index is 1900. The Hall–Kier alpha value is -4.01. The average Bonchev–Trinajstić information content (AvgIpc) is 3.54. The molecule has 4 aromatic rings. The minimum Gasteiger partial charge on any atom is -0.619 e. The number of alkyl halides is 2. The van der Waals surface area contributed by atoms with Crippen molar-refractivity contribution < 1.29 is 42.4 Å². The fourth-order valence-corrected chi connectivity index (χ4v) is 8.64. The van der Waals surface area contributed by atoms with Crippen LogP contribution in [0.5, 0.6) is 11.5 Å². The van der Waals surface area contributed by atoms with Crippen molar-refractivity contribution in [3.8, 4) is 11.5 Å². The molecule has 2 bridgehead atoms. The minimum atomic E-state index is -3.11. The van der Waals surface area contributed by atoms with Gasteiger partial charge in [-0.05, 0) is 87.0 Å². The summed E-state index contributed by atoms with van der Waals surface area (Å²) in [5, 5.41) is 26.0. The summed E-state index contributed by atoms with van der Waals surface area (Å²) in [6.07, 6.45) is 3.71. The molecule has 3 atom stereocenters. The Morgan fingerprint density at radius 2 is 1.72 bits per heavy atom. The van der Waals surface area contributed by atoms with E-state index in [1.54, 1.807) is 26.0 Å². The predicted molar refractivity (Wildman–Crippen MR) is 196 cm³/mol. The van der Waals surface area contributed by atoms with Gasteiger partial charge in [-0.15, -0.1) is 11.3 Å². The topological polar surface area (TPSA) is 124 Å². The largest absolute Gasteiger partial charge is 0.619 e. The predicted octanol–water partition coefficient (Wildman–Crippen LogP) is 7.62. The number of rotatable bonds is 15. The van der Waals surface area contributed by atoms with Crippen molar-refractivity contribution in [1.82, 2.24) is 10.2 Å². The molecule has 0 amide bonds. The lowest BCUT2D eigenvalue weighted by Gasteiger charge is -2.44. The van der Waals surface area contributed by atoms with E-state index in [0.717, 1.165) is 49.7 Å². The average molecular weight is 791 g/mol. The van der Waals surface area contributed by atoms with E-state index in [4.69, 9.17) is 37.4 Å². The molecule has 0 spiro atoms. The second kappa shape index (κ2) is 17.0. The molecule has 10 nitrogen and oxygen atoms in total. The number of piperidine rings is 3. The Kier molecular flexibility index (Phi) is 12.4. The number of halogens is 4. The van der Waals surface area contributed by atoms with Crippen molar-refractivity contribution in [2.45, 2.75) is 70.4 Å². The minimum absolute atomic E-state index is 0.0132. The Morgan fingerprint density at radius 3 is 2.32 bits per heavy atom. The van der Waals surface area contributed by atoms with Gasteiger partial charge in [0.1, 0.15) is 27.1 Å². The van der Waals surface area contributed by atoms with E-state index in [0.29, 0.717) is 44.3 Å². The summed E-state index contributed by atoms with van der Waals surface area (Å²) in [4.78, 5) is 29.5. The number of benzene rings is 2. The zero-order valence-electron chi connectivity index (χ0n) is 29.0. The SMILES string of the molecule is CC(C)Oc1cc([C@H](Cc2c(Cl)c[n+]([O-])cc2Cl)c2cc(CNC(C(=O)O[C@H]3CN4CCC3CC4)c3ccccc3)sc2C(=O)O)ccc1OC(F)F. The van der Waals surface area contributed by atoms with Gasteiger partial charge in [-0.25, -0.2) is 9.59 Å². The number of carboxylic acid groups (broad SMARTS) is 1. The lowest BCUT2D eigenvalue weighted by Crippen LogP contribution is -2.52. The maximum Gasteiger partial charge on any atom is 0.387 e. The molecule has 3 fully saturated rings. The third kappa shape index (κ3) is 9.39. The van der Waals surface area contributed by atoms with Gasteiger partial charge in [0.25, 0.3) is 0 Å². The van der Waals surface area contributed by atoms with Crippen molar-refractivity contribution in [1.29, 1.82) is 0 Å². The van der Waals surface area contributed by atoms with Gasteiger partial charge >= 0.3 is 18.6 Å². The number of hydrogen-bond donors (Lipinski definition) is 2. The van der Waals surface area contributed by atoms with Crippen LogP contribution in [-0.2, 0) is 22.5 Å². The molecule has 15 heteroatoms. The fraction of sp³-hybridized carbons (Fsp3) is 0.395. The summed E-state index contributed by atoms with van der Waals surface area (Å²) < 4.78 is 43.8. The highest BCUT2D eigenvalue weighted by atomic mass is 35.5. The number of nitrogens with one attached hydrogen (secondary N) is 1. The normalized spacial score (nSPS) is 19.3.